The van der Waals surface area contributed by atoms with Gasteiger partial charge in [-0.15, -0.1) is 0 Å². The molecule has 2 nitrogen and oxygen atoms in total. The largest absolute Gasteiger partial charge is 0.493 e. The average molecular weight is 282 g/mol. The molecule has 0 aromatic heterocycles. The summed E-state index contributed by atoms with van der Waals surface area (Å²) in [4.78, 5) is 0. The zero-order valence-electron chi connectivity index (χ0n) is 12.1. The lowest BCUT2D eigenvalue weighted by molar-refractivity contribution is 0.179. The maximum atomic E-state index is 6.08. The van der Waals surface area contributed by atoms with Crippen LogP contribution < -0.4 is 10.1 Å². The van der Waals surface area contributed by atoms with E-state index in [1.807, 2.05) is 18.2 Å². The van der Waals surface area contributed by atoms with Crippen molar-refractivity contribution in [1.29, 1.82) is 0 Å². The van der Waals surface area contributed by atoms with Gasteiger partial charge in [-0.2, -0.15) is 0 Å². The number of halogens is 1. The molecule has 0 aliphatic heterocycles. The minimum Gasteiger partial charge on any atom is -0.493 e. The molecule has 0 unspecified atom stereocenters. The predicted molar refractivity (Wildman–Crippen MR) is 80.9 cm³/mol. The van der Waals surface area contributed by atoms with E-state index in [-0.39, 0.29) is 5.54 Å². The van der Waals surface area contributed by atoms with Gasteiger partial charge >= 0.3 is 0 Å². The fourth-order valence-electron chi connectivity index (χ4n) is 2.05. The van der Waals surface area contributed by atoms with Gasteiger partial charge in [-0.25, -0.2) is 0 Å². The first kappa shape index (κ1) is 14.7. The normalized spacial score (nSPS) is 16.2. The van der Waals surface area contributed by atoms with Crippen molar-refractivity contribution < 1.29 is 4.74 Å². The van der Waals surface area contributed by atoms with Crippen molar-refractivity contribution in [2.75, 3.05) is 6.61 Å². The lowest BCUT2D eigenvalue weighted by atomic mass is 9.86. The zero-order valence-corrected chi connectivity index (χ0v) is 12.9. The molecule has 0 radical (unpaired) electrons. The minimum absolute atomic E-state index is 0.0908. The molecule has 0 spiro atoms. The van der Waals surface area contributed by atoms with E-state index in [2.05, 4.69) is 26.1 Å². The van der Waals surface area contributed by atoms with E-state index in [9.17, 15) is 0 Å². The van der Waals surface area contributed by atoms with Crippen LogP contribution in [0.4, 0.5) is 0 Å². The van der Waals surface area contributed by atoms with Crippen molar-refractivity contribution in [1.82, 2.24) is 5.32 Å². The molecule has 1 fully saturated rings. The molecule has 1 aliphatic rings. The van der Waals surface area contributed by atoms with E-state index in [1.54, 1.807) is 0 Å². The molecule has 1 aromatic carbocycles. The van der Waals surface area contributed by atoms with Crippen molar-refractivity contribution in [2.45, 2.75) is 52.1 Å². The number of ether oxygens (including phenoxy) is 1. The van der Waals surface area contributed by atoms with Crippen LogP contribution in [0.2, 0.25) is 5.02 Å². The molecule has 0 bridgehead atoms. The highest BCUT2D eigenvalue weighted by atomic mass is 35.5. The van der Waals surface area contributed by atoms with Crippen LogP contribution in [0, 0.1) is 5.92 Å². The Morgan fingerprint density at radius 2 is 2.05 bits per heavy atom. The van der Waals surface area contributed by atoms with Crippen LogP contribution in [-0.4, -0.2) is 12.1 Å². The van der Waals surface area contributed by atoms with Gasteiger partial charge in [0.25, 0.3) is 0 Å². The summed E-state index contributed by atoms with van der Waals surface area (Å²) in [5.41, 5.74) is 1.23. The third-order valence-corrected chi connectivity index (χ3v) is 3.77. The SMILES string of the molecule is CC(C)(C)NCc1cc(Cl)ccc1OCC1CCC1. The van der Waals surface area contributed by atoms with Crippen LogP contribution in [0.25, 0.3) is 0 Å². The lowest BCUT2D eigenvalue weighted by Gasteiger charge is -2.26. The molecule has 3 heteroatoms. The number of nitrogens with one attached hydrogen (secondary N) is 1. The summed E-state index contributed by atoms with van der Waals surface area (Å²) in [7, 11) is 0. The third-order valence-electron chi connectivity index (χ3n) is 3.53. The summed E-state index contributed by atoms with van der Waals surface area (Å²) >= 11 is 6.08. The highest BCUT2D eigenvalue weighted by molar-refractivity contribution is 6.30. The highest BCUT2D eigenvalue weighted by Gasteiger charge is 2.19. The van der Waals surface area contributed by atoms with Gasteiger partial charge < -0.3 is 10.1 Å². The summed E-state index contributed by atoms with van der Waals surface area (Å²) in [6.07, 6.45) is 3.97. The van der Waals surface area contributed by atoms with E-state index in [1.165, 1.54) is 19.3 Å². The topological polar surface area (TPSA) is 21.3 Å². The van der Waals surface area contributed by atoms with Crippen molar-refractivity contribution in [3.63, 3.8) is 0 Å². The monoisotopic (exact) mass is 281 g/mol. The molecule has 0 heterocycles. The summed E-state index contributed by atoms with van der Waals surface area (Å²) in [5, 5.41) is 4.25. The van der Waals surface area contributed by atoms with Crippen LogP contribution in [0.5, 0.6) is 5.75 Å². The van der Waals surface area contributed by atoms with E-state index in [0.29, 0.717) is 0 Å². The Hall–Kier alpha value is -0.730. The first-order valence-corrected chi connectivity index (χ1v) is 7.48. The van der Waals surface area contributed by atoms with E-state index in [4.69, 9.17) is 16.3 Å². The molecule has 0 atom stereocenters. The third kappa shape index (κ3) is 4.70. The minimum atomic E-state index is 0.0908. The van der Waals surface area contributed by atoms with Gasteiger partial charge in [0.05, 0.1) is 6.61 Å². The van der Waals surface area contributed by atoms with Gasteiger partial charge in [-0.1, -0.05) is 18.0 Å². The number of rotatable bonds is 5. The van der Waals surface area contributed by atoms with E-state index < -0.39 is 0 Å². The fraction of sp³-hybridized carbons (Fsp3) is 0.625. The number of hydrogen-bond donors (Lipinski definition) is 1. The van der Waals surface area contributed by atoms with Crippen LogP contribution >= 0.6 is 11.6 Å². The smallest absolute Gasteiger partial charge is 0.123 e. The molecule has 19 heavy (non-hydrogen) atoms. The molecule has 1 aromatic rings. The Kier molecular flexibility index (Phi) is 4.75. The Bertz CT molecular complexity index is 421. The second-order valence-electron chi connectivity index (χ2n) is 6.46. The number of benzene rings is 1. The van der Waals surface area contributed by atoms with Crippen molar-refractivity contribution >= 4 is 11.6 Å². The first-order chi connectivity index (χ1) is 8.94. The zero-order chi connectivity index (χ0) is 13.9. The molecular weight excluding hydrogens is 258 g/mol. The Labute approximate surface area is 121 Å². The quantitative estimate of drug-likeness (QED) is 0.863. The molecule has 1 aliphatic carbocycles. The summed E-state index contributed by atoms with van der Waals surface area (Å²) in [6, 6.07) is 5.88. The standard InChI is InChI=1S/C16H24ClNO/c1-16(2,3)18-10-13-9-14(17)7-8-15(13)19-11-12-5-4-6-12/h7-9,12,18H,4-6,10-11H2,1-3H3. The predicted octanol–water partition coefficient (Wildman–Crippen LogP) is 4.41. The van der Waals surface area contributed by atoms with Gasteiger partial charge in [-0.05, 0) is 57.7 Å². The molecule has 0 amide bonds. The number of hydrogen-bond acceptors (Lipinski definition) is 2. The summed E-state index contributed by atoms with van der Waals surface area (Å²) in [6.45, 7) is 8.10. The first-order valence-electron chi connectivity index (χ1n) is 7.10. The fourth-order valence-corrected chi connectivity index (χ4v) is 2.25. The Morgan fingerprint density at radius 1 is 1.32 bits per heavy atom. The van der Waals surface area contributed by atoms with Gasteiger partial charge in [-0.3, -0.25) is 0 Å². The van der Waals surface area contributed by atoms with Crippen molar-refractivity contribution in [3.05, 3.63) is 28.8 Å². The van der Waals surface area contributed by atoms with Crippen LogP contribution in [0.3, 0.4) is 0 Å². The molecular formula is C16H24ClNO. The average Bonchev–Trinajstić information content (AvgIpc) is 2.25. The second-order valence-corrected chi connectivity index (χ2v) is 6.90. The van der Waals surface area contributed by atoms with Crippen molar-refractivity contribution in [2.24, 2.45) is 5.92 Å². The van der Waals surface area contributed by atoms with Gasteiger partial charge in [0.15, 0.2) is 0 Å². The summed E-state index contributed by atoms with van der Waals surface area (Å²) < 4.78 is 5.96. The molecule has 1 N–H and O–H groups in total. The molecule has 0 saturated heterocycles. The van der Waals surface area contributed by atoms with Crippen molar-refractivity contribution in [3.8, 4) is 5.75 Å². The second kappa shape index (κ2) is 6.15. The van der Waals surface area contributed by atoms with E-state index >= 15 is 0 Å². The molecule has 106 valence electrons. The molecule has 2 rings (SSSR count). The Balaban J connectivity index is 1.99. The highest BCUT2D eigenvalue weighted by Crippen LogP contribution is 2.29. The van der Waals surface area contributed by atoms with Crippen LogP contribution in [0.1, 0.15) is 45.6 Å². The Morgan fingerprint density at radius 3 is 2.63 bits per heavy atom. The maximum absolute atomic E-state index is 6.08. The lowest BCUT2D eigenvalue weighted by Crippen LogP contribution is -2.35. The van der Waals surface area contributed by atoms with Crippen LogP contribution in [-0.2, 0) is 6.54 Å². The molecule has 1 saturated carbocycles. The van der Waals surface area contributed by atoms with Gasteiger partial charge in [0.2, 0.25) is 0 Å². The van der Waals surface area contributed by atoms with Crippen LogP contribution in [0.15, 0.2) is 18.2 Å². The van der Waals surface area contributed by atoms with Gasteiger partial charge in [0, 0.05) is 22.7 Å². The summed E-state index contributed by atoms with van der Waals surface area (Å²) in [5.74, 6) is 1.71. The van der Waals surface area contributed by atoms with Gasteiger partial charge in [0.1, 0.15) is 5.75 Å². The maximum Gasteiger partial charge on any atom is 0.123 e. The van der Waals surface area contributed by atoms with E-state index in [0.717, 1.165) is 35.4 Å².